The molecule has 1 heterocycles. The second-order valence-corrected chi connectivity index (χ2v) is 7.75. The first-order valence-corrected chi connectivity index (χ1v) is 8.97. The van der Waals surface area contributed by atoms with Crippen molar-refractivity contribution in [3.05, 3.63) is 48.7 Å². The number of unbranched alkanes of at least 4 members (excludes halogenated alkanes) is 3. The summed E-state index contributed by atoms with van der Waals surface area (Å²) in [5.41, 5.74) is 0. The van der Waals surface area contributed by atoms with Gasteiger partial charge in [-0.05, 0) is 18.2 Å². The third-order valence-corrected chi connectivity index (χ3v) is 6.63. The van der Waals surface area contributed by atoms with E-state index >= 15 is 0 Å². The number of hydrogen-bond donors (Lipinski definition) is 0. The number of benzene rings is 1. The Labute approximate surface area is 111 Å². The van der Waals surface area contributed by atoms with Crippen molar-refractivity contribution in [1.82, 2.24) is 0 Å². The molecule has 0 radical (unpaired) electrons. The standard InChI is InChI=1S/C16H22OSi/c1-2-3-4-8-14-18(16-12-9-13-17-16)15-10-6-5-7-11-15/h5-7,9-13,18H,2-4,8,14H2,1H3. The van der Waals surface area contributed by atoms with Gasteiger partial charge in [0.25, 0.3) is 0 Å². The van der Waals surface area contributed by atoms with Crippen LogP contribution < -0.4 is 10.6 Å². The first-order valence-electron chi connectivity index (χ1n) is 7.00. The zero-order valence-corrected chi connectivity index (χ0v) is 12.3. The smallest absolute Gasteiger partial charge is 0.147 e. The number of hydrogen-bond acceptors (Lipinski definition) is 1. The lowest BCUT2D eigenvalue weighted by Crippen LogP contribution is -2.41. The average Bonchev–Trinajstić information content (AvgIpc) is 2.94. The molecule has 0 spiro atoms. The van der Waals surface area contributed by atoms with Crippen molar-refractivity contribution >= 4 is 19.4 Å². The van der Waals surface area contributed by atoms with Crippen molar-refractivity contribution in [2.45, 2.75) is 38.7 Å². The Kier molecular flexibility index (Phi) is 5.28. The van der Waals surface area contributed by atoms with E-state index in [1.165, 1.54) is 42.3 Å². The van der Waals surface area contributed by atoms with Crippen LogP contribution in [0.15, 0.2) is 53.1 Å². The van der Waals surface area contributed by atoms with E-state index in [2.05, 4.69) is 43.3 Å². The maximum absolute atomic E-state index is 5.67. The molecule has 1 atom stereocenters. The van der Waals surface area contributed by atoms with Crippen LogP contribution in [0.3, 0.4) is 0 Å². The fraction of sp³-hybridized carbons (Fsp3) is 0.375. The van der Waals surface area contributed by atoms with E-state index in [-0.39, 0.29) is 0 Å². The summed E-state index contributed by atoms with van der Waals surface area (Å²) < 4.78 is 5.67. The fourth-order valence-electron chi connectivity index (χ4n) is 2.42. The Morgan fingerprint density at radius 2 is 1.78 bits per heavy atom. The lowest BCUT2D eigenvalue weighted by molar-refractivity contribution is 0.598. The zero-order valence-electron chi connectivity index (χ0n) is 11.1. The van der Waals surface area contributed by atoms with Crippen LogP contribution in [0.2, 0.25) is 6.04 Å². The van der Waals surface area contributed by atoms with Crippen molar-refractivity contribution in [2.75, 3.05) is 0 Å². The van der Waals surface area contributed by atoms with Gasteiger partial charge in [0.15, 0.2) is 0 Å². The molecular weight excluding hydrogens is 236 g/mol. The van der Waals surface area contributed by atoms with Crippen LogP contribution in [0, 0.1) is 0 Å². The summed E-state index contributed by atoms with van der Waals surface area (Å²) in [6.45, 7) is 2.26. The van der Waals surface area contributed by atoms with Gasteiger partial charge in [-0.1, -0.05) is 68.1 Å². The monoisotopic (exact) mass is 258 g/mol. The van der Waals surface area contributed by atoms with Gasteiger partial charge in [0.05, 0.1) is 11.6 Å². The van der Waals surface area contributed by atoms with Crippen LogP contribution in [0.25, 0.3) is 0 Å². The summed E-state index contributed by atoms with van der Waals surface area (Å²) in [5, 5.41) is 2.74. The molecule has 1 aromatic carbocycles. The lowest BCUT2D eigenvalue weighted by Gasteiger charge is -2.13. The van der Waals surface area contributed by atoms with Gasteiger partial charge < -0.3 is 4.42 Å². The quantitative estimate of drug-likeness (QED) is 0.549. The molecule has 1 unspecified atom stereocenters. The van der Waals surface area contributed by atoms with Crippen molar-refractivity contribution in [3.8, 4) is 0 Å². The van der Waals surface area contributed by atoms with Crippen LogP contribution in [-0.2, 0) is 0 Å². The molecule has 0 fully saturated rings. The molecule has 2 aromatic rings. The van der Waals surface area contributed by atoms with Crippen molar-refractivity contribution in [3.63, 3.8) is 0 Å². The minimum atomic E-state index is -1.11. The van der Waals surface area contributed by atoms with Gasteiger partial charge >= 0.3 is 0 Å². The summed E-state index contributed by atoms with van der Waals surface area (Å²) in [6.07, 6.45) is 7.16. The Balaban J connectivity index is 2.05. The fourth-order valence-corrected chi connectivity index (χ4v) is 5.34. The Morgan fingerprint density at radius 1 is 0.944 bits per heavy atom. The second kappa shape index (κ2) is 7.22. The summed E-state index contributed by atoms with van der Waals surface area (Å²) in [7, 11) is -1.11. The molecule has 1 nitrogen and oxygen atoms in total. The molecule has 0 saturated carbocycles. The summed E-state index contributed by atoms with van der Waals surface area (Å²) in [5.74, 6) is 0. The Hall–Kier alpha value is -1.28. The minimum Gasteiger partial charge on any atom is -0.474 e. The molecule has 0 aliphatic heterocycles. The van der Waals surface area contributed by atoms with Crippen LogP contribution in [-0.4, -0.2) is 8.80 Å². The topological polar surface area (TPSA) is 13.1 Å². The average molecular weight is 258 g/mol. The molecule has 18 heavy (non-hydrogen) atoms. The highest BCUT2D eigenvalue weighted by Crippen LogP contribution is 2.07. The first-order chi connectivity index (χ1) is 8.92. The van der Waals surface area contributed by atoms with Crippen LogP contribution >= 0.6 is 0 Å². The first kappa shape index (κ1) is 13.2. The molecule has 0 bridgehead atoms. The van der Waals surface area contributed by atoms with Gasteiger partial charge in [0.1, 0.15) is 8.80 Å². The molecule has 0 amide bonds. The van der Waals surface area contributed by atoms with E-state index in [9.17, 15) is 0 Å². The third kappa shape index (κ3) is 3.60. The minimum absolute atomic E-state index is 1.11. The van der Waals surface area contributed by atoms with E-state index < -0.39 is 8.80 Å². The van der Waals surface area contributed by atoms with Crippen LogP contribution in [0.1, 0.15) is 32.6 Å². The Morgan fingerprint density at radius 3 is 2.44 bits per heavy atom. The van der Waals surface area contributed by atoms with E-state index in [4.69, 9.17) is 4.42 Å². The lowest BCUT2D eigenvalue weighted by atomic mass is 10.2. The van der Waals surface area contributed by atoms with Gasteiger partial charge in [-0.25, -0.2) is 0 Å². The highest BCUT2D eigenvalue weighted by atomic mass is 28.3. The predicted molar refractivity (Wildman–Crippen MR) is 80.5 cm³/mol. The van der Waals surface area contributed by atoms with E-state index in [0.717, 1.165) is 0 Å². The third-order valence-electron chi connectivity index (χ3n) is 3.43. The number of rotatable bonds is 7. The molecular formula is C16H22OSi. The highest BCUT2D eigenvalue weighted by Gasteiger charge is 2.18. The normalized spacial score (nSPS) is 12.5. The van der Waals surface area contributed by atoms with Crippen molar-refractivity contribution in [1.29, 1.82) is 0 Å². The summed E-state index contributed by atoms with van der Waals surface area (Å²) in [6, 6.07) is 16.4. The second-order valence-electron chi connectivity index (χ2n) is 4.83. The number of furan rings is 1. The summed E-state index contributed by atoms with van der Waals surface area (Å²) in [4.78, 5) is 0. The SMILES string of the molecule is CCCCCC[SiH](c1ccccc1)c1ccco1. The van der Waals surface area contributed by atoms with Gasteiger partial charge in [-0.2, -0.15) is 0 Å². The van der Waals surface area contributed by atoms with Crippen molar-refractivity contribution in [2.24, 2.45) is 0 Å². The molecule has 2 heteroatoms. The zero-order chi connectivity index (χ0) is 12.6. The van der Waals surface area contributed by atoms with E-state index in [1.807, 2.05) is 12.3 Å². The van der Waals surface area contributed by atoms with Crippen LogP contribution in [0.4, 0.5) is 0 Å². The molecule has 0 aliphatic carbocycles. The van der Waals surface area contributed by atoms with E-state index in [0.29, 0.717) is 0 Å². The maximum Gasteiger partial charge on any atom is 0.147 e. The molecule has 0 saturated heterocycles. The maximum atomic E-state index is 5.67. The van der Waals surface area contributed by atoms with Gasteiger partial charge in [0.2, 0.25) is 0 Å². The molecule has 1 aromatic heterocycles. The molecule has 0 N–H and O–H groups in total. The van der Waals surface area contributed by atoms with Gasteiger partial charge in [-0.3, -0.25) is 0 Å². The predicted octanol–water partition coefficient (Wildman–Crippen LogP) is 3.20. The van der Waals surface area contributed by atoms with Crippen molar-refractivity contribution < 1.29 is 4.42 Å². The van der Waals surface area contributed by atoms with E-state index in [1.54, 1.807) is 0 Å². The molecule has 2 rings (SSSR count). The van der Waals surface area contributed by atoms with Gasteiger partial charge in [0, 0.05) is 0 Å². The molecule has 96 valence electrons. The highest BCUT2D eigenvalue weighted by molar-refractivity contribution is 6.84. The van der Waals surface area contributed by atoms with Crippen LogP contribution in [0.5, 0.6) is 0 Å². The summed E-state index contributed by atoms with van der Waals surface area (Å²) >= 11 is 0. The molecule has 0 aliphatic rings. The largest absolute Gasteiger partial charge is 0.474 e. The van der Waals surface area contributed by atoms with Gasteiger partial charge in [-0.15, -0.1) is 0 Å². The Bertz CT molecular complexity index is 422.